The van der Waals surface area contributed by atoms with Crippen molar-refractivity contribution >= 4 is 5.91 Å². The van der Waals surface area contributed by atoms with Crippen LogP contribution in [0.2, 0.25) is 0 Å². The predicted molar refractivity (Wildman–Crippen MR) is 83.6 cm³/mol. The summed E-state index contributed by atoms with van der Waals surface area (Å²) in [6.45, 7) is 0.707. The Hall–Kier alpha value is -2.30. The lowest BCUT2D eigenvalue weighted by atomic mass is 10.0. The number of carbonyl (C=O) groups is 1. The third kappa shape index (κ3) is 3.47. The summed E-state index contributed by atoms with van der Waals surface area (Å²) in [6.07, 6.45) is 6.80. The largest absolute Gasteiger partial charge is 0.493 e. The molecule has 116 valence electrons. The molecule has 5 nitrogen and oxygen atoms in total. The molecule has 22 heavy (non-hydrogen) atoms. The first kappa shape index (κ1) is 14.6. The number of nitrogens with zero attached hydrogens (tertiary/aromatic N) is 2. The molecular weight excluding hydrogens is 278 g/mol. The zero-order chi connectivity index (χ0) is 15.4. The first-order valence-corrected chi connectivity index (χ1v) is 7.71. The molecule has 0 spiro atoms. The molecule has 2 aromatic rings. The molecule has 0 fully saturated rings. The average molecular weight is 299 g/mol. The Kier molecular flexibility index (Phi) is 4.42. The van der Waals surface area contributed by atoms with E-state index in [1.54, 1.807) is 4.68 Å². The second kappa shape index (κ2) is 6.64. The number of benzene rings is 1. The van der Waals surface area contributed by atoms with Crippen molar-refractivity contribution in [3.63, 3.8) is 0 Å². The van der Waals surface area contributed by atoms with E-state index in [-0.39, 0.29) is 11.9 Å². The van der Waals surface area contributed by atoms with Crippen molar-refractivity contribution in [3.05, 3.63) is 47.8 Å². The van der Waals surface area contributed by atoms with Crippen LogP contribution in [0, 0.1) is 0 Å². The molecule has 0 bridgehead atoms. The van der Waals surface area contributed by atoms with Gasteiger partial charge in [0.1, 0.15) is 5.75 Å². The third-order valence-corrected chi connectivity index (χ3v) is 3.92. The molecule has 0 saturated heterocycles. The van der Waals surface area contributed by atoms with E-state index in [4.69, 9.17) is 4.74 Å². The Bertz CT molecular complexity index is 651. The van der Waals surface area contributed by atoms with Gasteiger partial charge in [-0.05, 0) is 30.9 Å². The van der Waals surface area contributed by atoms with Crippen LogP contribution in [-0.2, 0) is 18.3 Å². The molecule has 1 aromatic heterocycles. The standard InChI is InChI=1S/C17H21N3O2/c1-20-12-13(11-18-20)8-9-17(21)19-15-6-4-10-22-16-7-3-2-5-14(15)16/h2-3,5,7,11-12,15H,4,6,8-10H2,1H3,(H,19,21)/t15-/m0/s1. The Morgan fingerprint density at radius 2 is 2.32 bits per heavy atom. The van der Waals surface area contributed by atoms with E-state index in [0.29, 0.717) is 19.4 Å². The highest BCUT2D eigenvalue weighted by Gasteiger charge is 2.20. The van der Waals surface area contributed by atoms with Gasteiger partial charge < -0.3 is 10.1 Å². The van der Waals surface area contributed by atoms with Gasteiger partial charge in [-0.25, -0.2) is 0 Å². The molecule has 1 N–H and O–H groups in total. The fourth-order valence-electron chi connectivity index (χ4n) is 2.80. The maximum Gasteiger partial charge on any atom is 0.220 e. The van der Waals surface area contributed by atoms with Crippen LogP contribution in [0.4, 0.5) is 0 Å². The van der Waals surface area contributed by atoms with Gasteiger partial charge in [-0.15, -0.1) is 0 Å². The molecule has 1 aliphatic heterocycles. The number of nitrogens with one attached hydrogen (secondary N) is 1. The number of ether oxygens (including phenoxy) is 1. The Labute approximate surface area is 130 Å². The summed E-state index contributed by atoms with van der Waals surface area (Å²) in [5, 5.41) is 7.27. The van der Waals surface area contributed by atoms with Crippen LogP contribution in [0.3, 0.4) is 0 Å². The van der Waals surface area contributed by atoms with Crippen molar-refractivity contribution in [2.45, 2.75) is 31.7 Å². The molecule has 1 aliphatic rings. The number of aromatic nitrogens is 2. The van der Waals surface area contributed by atoms with Crippen molar-refractivity contribution in [3.8, 4) is 5.75 Å². The van der Waals surface area contributed by atoms with Crippen LogP contribution in [0.15, 0.2) is 36.7 Å². The number of rotatable bonds is 4. The highest BCUT2D eigenvalue weighted by molar-refractivity contribution is 5.76. The second-order valence-corrected chi connectivity index (χ2v) is 5.67. The molecule has 3 rings (SSSR count). The van der Waals surface area contributed by atoms with Crippen LogP contribution < -0.4 is 10.1 Å². The minimum absolute atomic E-state index is 0.0418. The number of amides is 1. The normalized spacial score (nSPS) is 17.2. The number of fused-ring (bicyclic) bond motifs is 1. The van der Waals surface area contributed by atoms with Gasteiger partial charge in [-0.3, -0.25) is 9.48 Å². The summed E-state index contributed by atoms with van der Waals surface area (Å²) in [4.78, 5) is 12.2. The molecule has 0 radical (unpaired) electrons. The first-order valence-electron chi connectivity index (χ1n) is 7.71. The van der Waals surface area contributed by atoms with Crippen LogP contribution >= 0.6 is 0 Å². The quantitative estimate of drug-likeness (QED) is 0.943. The molecule has 0 unspecified atom stereocenters. The Morgan fingerprint density at radius 1 is 1.45 bits per heavy atom. The number of hydrogen-bond donors (Lipinski definition) is 1. The average Bonchev–Trinajstić information content (AvgIpc) is 2.83. The van der Waals surface area contributed by atoms with Crippen LogP contribution in [0.1, 0.15) is 36.4 Å². The van der Waals surface area contributed by atoms with Gasteiger partial charge in [0, 0.05) is 25.2 Å². The number of aryl methyl sites for hydroxylation is 2. The number of carbonyl (C=O) groups excluding carboxylic acids is 1. The van der Waals surface area contributed by atoms with Gasteiger partial charge in [0.15, 0.2) is 0 Å². The molecule has 5 heteroatoms. The lowest BCUT2D eigenvalue weighted by molar-refractivity contribution is -0.121. The number of para-hydroxylation sites is 1. The van der Waals surface area contributed by atoms with Crippen LogP contribution in [-0.4, -0.2) is 22.3 Å². The zero-order valence-corrected chi connectivity index (χ0v) is 12.8. The molecule has 1 aromatic carbocycles. The van der Waals surface area contributed by atoms with E-state index < -0.39 is 0 Å². The summed E-state index contributed by atoms with van der Waals surface area (Å²) in [5.41, 5.74) is 2.16. The first-order chi connectivity index (χ1) is 10.7. The van der Waals surface area contributed by atoms with Crippen molar-refractivity contribution in [1.82, 2.24) is 15.1 Å². The fraction of sp³-hybridized carbons (Fsp3) is 0.412. The monoisotopic (exact) mass is 299 g/mol. The Morgan fingerprint density at radius 3 is 3.14 bits per heavy atom. The van der Waals surface area contributed by atoms with Crippen molar-refractivity contribution in [1.29, 1.82) is 0 Å². The topological polar surface area (TPSA) is 56.2 Å². The van der Waals surface area contributed by atoms with E-state index in [9.17, 15) is 4.79 Å². The molecule has 2 heterocycles. The zero-order valence-electron chi connectivity index (χ0n) is 12.8. The van der Waals surface area contributed by atoms with E-state index in [1.807, 2.05) is 43.7 Å². The molecule has 1 atom stereocenters. The van der Waals surface area contributed by atoms with Gasteiger partial charge in [-0.2, -0.15) is 5.10 Å². The maximum atomic E-state index is 12.2. The lowest BCUT2D eigenvalue weighted by Crippen LogP contribution is -2.28. The maximum absolute atomic E-state index is 12.2. The summed E-state index contributed by atoms with van der Waals surface area (Å²) in [5.74, 6) is 0.961. The van der Waals surface area contributed by atoms with Gasteiger partial charge >= 0.3 is 0 Å². The number of hydrogen-bond acceptors (Lipinski definition) is 3. The minimum Gasteiger partial charge on any atom is -0.493 e. The SMILES string of the molecule is Cn1cc(CCC(=O)N[C@H]2CCCOc3ccccc32)cn1. The molecule has 1 amide bonds. The van der Waals surface area contributed by atoms with E-state index in [0.717, 1.165) is 29.7 Å². The van der Waals surface area contributed by atoms with Gasteiger partial charge in [0.25, 0.3) is 0 Å². The van der Waals surface area contributed by atoms with Crippen molar-refractivity contribution in [2.75, 3.05) is 6.61 Å². The summed E-state index contributed by atoms with van der Waals surface area (Å²) < 4.78 is 7.49. The molecule has 0 saturated carbocycles. The van der Waals surface area contributed by atoms with Gasteiger partial charge in [0.2, 0.25) is 5.91 Å². The third-order valence-electron chi connectivity index (χ3n) is 3.92. The highest BCUT2D eigenvalue weighted by Crippen LogP contribution is 2.31. The van der Waals surface area contributed by atoms with E-state index in [1.165, 1.54) is 0 Å². The Balaban J connectivity index is 1.61. The smallest absolute Gasteiger partial charge is 0.220 e. The molecular formula is C17H21N3O2. The second-order valence-electron chi connectivity index (χ2n) is 5.67. The summed E-state index contributed by atoms with van der Waals surface area (Å²) in [7, 11) is 1.88. The minimum atomic E-state index is 0.0418. The van der Waals surface area contributed by atoms with Crippen LogP contribution in [0.5, 0.6) is 5.75 Å². The van der Waals surface area contributed by atoms with Crippen molar-refractivity contribution in [2.24, 2.45) is 7.05 Å². The molecule has 0 aliphatic carbocycles. The predicted octanol–water partition coefficient (Wildman–Crippen LogP) is 2.38. The fourth-order valence-corrected chi connectivity index (χ4v) is 2.80. The lowest BCUT2D eigenvalue weighted by Gasteiger charge is -2.18. The van der Waals surface area contributed by atoms with Crippen molar-refractivity contribution < 1.29 is 9.53 Å². The summed E-state index contributed by atoms with van der Waals surface area (Å²) in [6, 6.07) is 8.00. The van der Waals surface area contributed by atoms with E-state index >= 15 is 0 Å². The van der Waals surface area contributed by atoms with E-state index in [2.05, 4.69) is 10.4 Å². The van der Waals surface area contributed by atoms with Crippen LogP contribution in [0.25, 0.3) is 0 Å². The summed E-state index contributed by atoms with van der Waals surface area (Å²) >= 11 is 0. The highest BCUT2D eigenvalue weighted by atomic mass is 16.5. The van der Waals surface area contributed by atoms with Gasteiger partial charge in [0.05, 0.1) is 18.8 Å². The van der Waals surface area contributed by atoms with Gasteiger partial charge in [-0.1, -0.05) is 18.2 Å².